The molecule has 0 unspecified atom stereocenters. The second-order valence-corrected chi connectivity index (χ2v) is 7.09. The number of hydrogen-bond donors (Lipinski definition) is 3. The lowest BCUT2D eigenvalue weighted by atomic mass is 9.85. The summed E-state index contributed by atoms with van der Waals surface area (Å²) >= 11 is 3.51. The van der Waals surface area contributed by atoms with Crippen LogP contribution in [-0.4, -0.2) is 47.2 Å². The first-order valence-electron chi connectivity index (χ1n) is 8.10. The van der Waals surface area contributed by atoms with Crippen molar-refractivity contribution >= 4 is 33.6 Å². The van der Waals surface area contributed by atoms with E-state index in [1.807, 2.05) is 37.8 Å². The van der Waals surface area contributed by atoms with E-state index >= 15 is 0 Å². The van der Waals surface area contributed by atoms with Crippen LogP contribution in [0.2, 0.25) is 0 Å². The monoisotopic (exact) mass is 397 g/mol. The van der Waals surface area contributed by atoms with Crippen molar-refractivity contribution in [2.24, 2.45) is 0 Å². The number of carbonyl (C=O) groups is 2. The van der Waals surface area contributed by atoms with Crippen molar-refractivity contribution in [3.63, 3.8) is 0 Å². The first-order valence-corrected chi connectivity index (χ1v) is 8.89. The molecule has 7 heteroatoms. The highest BCUT2D eigenvalue weighted by Crippen LogP contribution is 2.27. The van der Waals surface area contributed by atoms with E-state index in [-0.39, 0.29) is 24.7 Å². The Hall–Kier alpha value is -1.60. The van der Waals surface area contributed by atoms with Crippen LogP contribution in [0.5, 0.6) is 0 Å². The fraction of sp³-hybridized carbons (Fsp3) is 0.529. The minimum atomic E-state index is -0.813. The lowest BCUT2D eigenvalue weighted by Gasteiger charge is -2.42. The quantitative estimate of drug-likeness (QED) is 0.688. The van der Waals surface area contributed by atoms with Crippen molar-refractivity contribution in [2.75, 3.05) is 18.4 Å². The maximum absolute atomic E-state index is 12.1. The van der Waals surface area contributed by atoms with Crippen LogP contribution in [0.25, 0.3) is 0 Å². The molecule has 1 aliphatic rings. The zero-order valence-electron chi connectivity index (χ0n) is 14.2. The van der Waals surface area contributed by atoms with Gasteiger partial charge in [0.15, 0.2) is 0 Å². The van der Waals surface area contributed by atoms with E-state index in [1.54, 1.807) is 0 Å². The third-order valence-corrected chi connectivity index (χ3v) is 5.65. The predicted octanol–water partition coefficient (Wildman–Crippen LogP) is 3.12. The maximum Gasteiger partial charge on any atom is 0.319 e. The number of halogens is 1. The number of carboxylic acids is 1. The van der Waals surface area contributed by atoms with Crippen LogP contribution >= 0.6 is 15.9 Å². The third kappa shape index (κ3) is 4.70. The Bertz CT molecular complexity index is 607. The Balaban J connectivity index is 1.82. The molecular formula is C17H24BrN3O3. The molecule has 24 heavy (non-hydrogen) atoms. The van der Waals surface area contributed by atoms with Gasteiger partial charge in [0.05, 0.1) is 6.54 Å². The van der Waals surface area contributed by atoms with Gasteiger partial charge in [-0.25, -0.2) is 4.79 Å². The first kappa shape index (κ1) is 18.7. The van der Waals surface area contributed by atoms with Crippen LogP contribution in [-0.2, 0) is 4.79 Å². The van der Waals surface area contributed by atoms with E-state index in [0.29, 0.717) is 6.54 Å². The molecule has 0 aromatic heterocycles. The SMILES string of the molecule is CCN(CC(=O)O)C1CC(NC(=O)Nc2cc(C)c(Br)c(C)c2)C1. The molecule has 1 fully saturated rings. The van der Waals surface area contributed by atoms with E-state index < -0.39 is 5.97 Å². The van der Waals surface area contributed by atoms with Gasteiger partial charge in [0.2, 0.25) is 0 Å². The Morgan fingerprint density at radius 3 is 2.38 bits per heavy atom. The average molecular weight is 398 g/mol. The minimum absolute atomic E-state index is 0.0531. The van der Waals surface area contributed by atoms with Crippen LogP contribution in [0.4, 0.5) is 10.5 Å². The Morgan fingerprint density at radius 1 is 1.29 bits per heavy atom. The fourth-order valence-electron chi connectivity index (χ4n) is 3.05. The first-order chi connectivity index (χ1) is 11.3. The molecule has 0 saturated heterocycles. The van der Waals surface area contributed by atoms with Crippen molar-refractivity contribution in [1.82, 2.24) is 10.2 Å². The fourth-order valence-corrected chi connectivity index (χ4v) is 3.28. The molecule has 0 spiro atoms. The third-order valence-electron chi connectivity index (χ3n) is 4.40. The summed E-state index contributed by atoms with van der Waals surface area (Å²) < 4.78 is 1.05. The number of aryl methyl sites for hydroxylation is 2. The van der Waals surface area contributed by atoms with Crippen molar-refractivity contribution in [3.8, 4) is 0 Å². The van der Waals surface area contributed by atoms with Gasteiger partial charge in [-0.3, -0.25) is 9.69 Å². The molecule has 0 heterocycles. The zero-order chi connectivity index (χ0) is 17.9. The van der Waals surface area contributed by atoms with Crippen LogP contribution in [0, 0.1) is 13.8 Å². The van der Waals surface area contributed by atoms with E-state index in [9.17, 15) is 9.59 Å². The van der Waals surface area contributed by atoms with E-state index in [2.05, 4.69) is 26.6 Å². The molecule has 0 atom stereocenters. The number of benzene rings is 1. The van der Waals surface area contributed by atoms with Crippen LogP contribution < -0.4 is 10.6 Å². The molecule has 1 saturated carbocycles. The van der Waals surface area contributed by atoms with Gasteiger partial charge in [-0.05, 0) is 56.5 Å². The number of carbonyl (C=O) groups excluding carboxylic acids is 1. The largest absolute Gasteiger partial charge is 0.480 e. The summed E-state index contributed by atoms with van der Waals surface area (Å²) in [5.74, 6) is -0.813. The number of hydrogen-bond acceptors (Lipinski definition) is 3. The van der Waals surface area contributed by atoms with E-state index in [1.165, 1.54) is 0 Å². The van der Waals surface area contributed by atoms with Gasteiger partial charge in [0.1, 0.15) is 0 Å². The standard InChI is InChI=1S/C17H24BrN3O3/c1-4-21(9-15(22)23)14-7-13(8-14)20-17(24)19-12-5-10(2)16(18)11(3)6-12/h5-6,13-14H,4,7-9H2,1-3H3,(H,22,23)(H2,19,20,24). The second-order valence-electron chi connectivity index (χ2n) is 6.30. The number of nitrogens with zero attached hydrogens (tertiary/aromatic N) is 1. The molecule has 2 rings (SSSR count). The number of anilines is 1. The van der Waals surface area contributed by atoms with Crippen LogP contribution in [0.1, 0.15) is 30.9 Å². The van der Waals surface area contributed by atoms with Gasteiger partial charge < -0.3 is 15.7 Å². The summed E-state index contributed by atoms with van der Waals surface area (Å²) in [7, 11) is 0. The lowest BCUT2D eigenvalue weighted by Crippen LogP contribution is -2.55. The van der Waals surface area contributed by atoms with Crippen LogP contribution in [0.15, 0.2) is 16.6 Å². The molecule has 1 aliphatic carbocycles. The predicted molar refractivity (Wildman–Crippen MR) is 97.5 cm³/mol. The number of aliphatic carboxylic acids is 1. The van der Waals surface area contributed by atoms with E-state index in [4.69, 9.17) is 5.11 Å². The number of urea groups is 1. The van der Waals surface area contributed by atoms with Crippen molar-refractivity contribution in [3.05, 3.63) is 27.7 Å². The normalized spacial score (nSPS) is 19.7. The second kappa shape index (κ2) is 7.98. The topological polar surface area (TPSA) is 81.7 Å². The van der Waals surface area contributed by atoms with E-state index in [0.717, 1.165) is 34.1 Å². The molecule has 2 amide bonds. The Labute approximate surface area is 150 Å². The highest BCUT2D eigenvalue weighted by molar-refractivity contribution is 9.10. The van der Waals surface area contributed by atoms with Crippen LogP contribution in [0.3, 0.4) is 0 Å². The average Bonchev–Trinajstić information content (AvgIpc) is 2.45. The minimum Gasteiger partial charge on any atom is -0.480 e. The van der Waals surface area contributed by atoms with Gasteiger partial charge in [-0.15, -0.1) is 0 Å². The molecule has 1 aromatic carbocycles. The molecule has 132 valence electrons. The van der Waals surface area contributed by atoms with Gasteiger partial charge in [-0.2, -0.15) is 0 Å². The van der Waals surface area contributed by atoms with Gasteiger partial charge >= 0.3 is 12.0 Å². The highest BCUT2D eigenvalue weighted by atomic mass is 79.9. The van der Waals surface area contributed by atoms with Gasteiger partial charge in [-0.1, -0.05) is 22.9 Å². The number of carboxylic acid groups (broad SMARTS) is 1. The summed E-state index contributed by atoms with van der Waals surface area (Å²) in [4.78, 5) is 24.9. The number of likely N-dealkylation sites (N-methyl/N-ethyl adjacent to an activating group) is 1. The zero-order valence-corrected chi connectivity index (χ0v) is 15.8. The summed E-state index contributed by atoms with van der Waals surface area (Å²) in [5, 5.41) is 14.7. The number of nitrogens with one attached hydrogen (secondary N) is 2. The summed E-state index contributed by atoms with van der Waals surface area (Å²) in [6, 6.07) is 3.95. The van der Waals surface area contributed by atoms with Gasteiger partial charge in [0, 0.05) is 22.2 Å². The van der Waals surface area contributed by atoms with Gasteiger partial charge in [0.25, 0.3) is 0 Å². The molecule has 0 radical (unpaired) electrons. The number of amides is 2. The summed E-state index contributed by atoms with van der Waals surface area (Å²) in [5.41, 5.74) is 2.91. The molecule has 6 nitrogen and oxygen atoms in total. The van der Waals surface area contributed by atoms with Crippen molar-refractivity contribution in [1.29, 1.82) is 0 Å². The Morgan fingerprint density at radius 2 is 1.88 bits per heavy atom. The Kier molecular flexibility index (Phi) is 6.23. The maximum atomic E-state index is 12.1. The highest BCUT2D eigenvalue weighted by Gasteiger charge is 2.34. The number of rotatable bonds is 6. The lowest BCUT2D eigenvalue weighted by molar-refractivity contribution is -0.139. The molecular weight excluding hydrogens is 374 g/mol. The molecule has 1 aromatic rings. The van der Waals surface area contributed by atoms with Crippen molar-refractivity contribution < 1.29 is 14.7 Å². The molecule has 0 aliphatic heterocycles. The molecule has 3 N–H and O–H groups in total. The summed E-state index contributed by atoms with van der Waals surface area (Å²) in [6.45, 7) is 6.68. The smallest absolute Gasteiger partial charge is 0.319 e. The van der Waals surface area contributed by atoms with Crippen molar-refractivity contribution in [2.45, 2.75) is 45.7 Å². The molecule has 0 bridgehead atoms. The summed E-state index contributed by atoms with van der Waals surface area (Å²) in [6.07, 6.45) is 1.57.